The van der Waals surface area contributed by atoms with Crippen molar-refractivity contribution in [3.63, 3.8) is 0 Å². The fourth-order valence-electron chi connectivity index (χ4n) is 0.620. The Kier molecular flexibility index (Phi) is 6.91. The van der Waals surface area contributed by atoms with Gasteiger partial charge in [-0.3, -0.25) is 9.59 Å². The molecule has 5 heteroatoms. The Labute approximate surface area is 77.4 Å². The normalized spacial score (nSPS) is 9.38. The zero-order chi connectivity index (χ0) is 10.1. The topological polar surface area (TPSA) is 64.6 Å². The third kappa shape index (κ3) is 7.27. The standard InChI is InChI=1S/C8H15NO4/c1-3-4-13-8(11)5-9-7(10)6-12-2/h3-6H2,1-2H3,(H,9,10). The zero-order valence-corrected chi connectivity index (χ0v) is 7.96. The third-order valence-corrected chi connectivity index (χ3v) is 1.17. The second-order valence-corrected chi connectivity index (χ2v) is 2.43. The molecule has 5 nitrogen and oxygen atoms in total. The van der Waals surface area contributed by atoms with Gasteiger partial charge in [0.05, 0.1) is 6.61 Å². The van der Waals surface area contributed by atoms with Crippen molar-refractivity contribution in [2.45, 2.75) is 13.3 Å². The molecule has 0 rings (SSSR count). The van der Waals surface area contributed by atoms with Gasteiger partial charge in [0.25, 0.3) is 0 Å². The number of methoxy groups -OCH3 is 1. The van der Waals surface area contributed by atoms with Crippen molar-refractivity contribution in [1.82, 2.24) is 5.32 Å². The van der Waals surface area contributed by atoms with E-state index in [1.807, 2.05) is 6.92 Å². The lowest BCUT2D eigenvalue weighted by atomic mass is 10.5. The van der Waals surface area contributed by atoms with Gasteiger partial charge in [-0.25, -0.2) is 0 Å². The van der Waals surface area contributed by atoms with Crippen LogP contribution >= 0.6 is 0 Å². The van der Waals surface area contributed by atoms with Gasteiger partial charge in [0, 0.05) is 7.11 Å². The highest BCUT2D eigenvalue weighted by Crippen LogP contribution is 1.81. The lowest BCUT2D eigenvalue weighted by Gasteiger charge is -2.04. The molecule has 0 radical (unpaired) electrons. The van der Waals surface area contributed by atoms with Crippen LogP contribution < -0.4 is 5.32 Å². The van der Waals surface area contributed by atoms with Crippen molar-refractivity contribution in [1.29, 1.82) is 0 Å². The van der Waals surface area contributed by atoms with Crippen LogP contribution in [0.5, 0.6) is 0 Å². The maximum Gasteiger partial charge on any atom is 0.325 e. The summed E-state index contributed by atoms with van der Waals surface area (Å²) in [4.78, 5) is 21.6. The predicted octanol–water partition coefficient (Wildman–Crippen LogP) is -0.298. The first-order valence-corrected chi connectivity index (χ1v) is 4.12. The van der Waals surface area contributed by atoms with E-state index in [1.54, 1.807) is 0 Å². The smallest absolute Gasteiger partial charge is 0.325 e. The van der Waals surface area contributed by atoms with Gasteiger partial charge in [0.1, 0.15) is 13.2 Å². The quantitative estimate of drug-likeness (QED) is 0.583. The minimum Gasteiger partial charge on any atom is -0.464 e. The average molecular weight is 189 g/mol. The molecule has 0 unspecified atom stereocenters. The summed E-state index contributed by atoms with van der Waals surface area (Å²) in [5.74, 6) is -0.748. The Morgan fingerprint density at radius 2 is 2.08 bits per heavy atom. The van der Waals surface area contributed by atoms with E-state index in [9.17, 15) is 9.59 Å². The molecule has 0 spiro atoms. The molecule has 0 bridgehead atoms. The van der Waals surface area contributed by atoms with Crippen molar-refractivity contribution in [3.05, 3.63) is 0 Å². The maximum atomic E-state index is 10.8. The molecule has 0 atom stereocenters. The maximum absolute atomic E-state index is 10.8. The largest absolute Gasteiger partial charge is 0.464 e. The predicted molar refractivity (Wildman–Crippen MR) is 46.1 cm³/mol. The van der Waals surface area contributed by atoms with Gasteiger partial charge in [-0.15, -0.1) is 0 Å². The Morgan fingerprint density at radius 1 is 1.38 bits per heavy atom. The number of nitrogens with one attached hydrogen (secondary N) is 1. The molecule has 0 aromatic rings. The van der Waals surface area contributed by atoms with Crippen molar-refractivity contribution < 1.29 is 19.1 Å². The van der Waals surface area contributed by atoms with Crippen LogP contribution in [0.4, 0.5) is 0 Å². The number of hydrogen-bond acceptors (Lipinski definition) is 4. The molecule has 0 fully saturated rings. The second-order valence-electron chi connectivity index (χ2n) is 2.43. The lowest BCUT2D eigenvalue weighted by Crippen LogP contribution is -2.33. The molecule has 0 saturated heterocycles. The van der Waals surface area contributed by atoms with Gasteiger partial charge in [0.15, 0.2) is 0 Å². The van der Waals surface area contributed by atoms with Crippen LogP contribution in [0.1, 0.15) is 13.3 Å². The van der Waals surface area contributed by atoms with Gasteiger partial charge >= 0.3 is 5.97 Å². The van der Waals surface area contributed by atoms with Gasteiger partial charge in [-0.1, -0.05) is 6.92 Å². The van der Waals surface area contributed by atoms with Crippen LogP contribution in [0.25, 0.3) is 0 Å². The van der Waals surface area contributed by atoms with Crippen LogP contribution in [0.15, 0.2) is 0 Å². The third-order valence-electron chi connectivity index (χ3n) is 1.17. The molecule has 0 saturated carbocycles. The number of rotatable bonds is 6. The van der Waals surface area contributed by atoms with E-state index in [0.29, 0.717) is 6.61 Å². The van der Waals surface area contributed by atoms with E-state index in [2.05, 4.69) is 10.1 Å². The molecule has 1 N–H and O–H groups in total. The van der Waals surface area contributed by atoms with Crippen molar-refractivity contribution in [3.8, 4) is 0 Å². The summed E-state index contributed by atoms with van der Waals surface area (Å²) in [6, 6.07) is 0. The number of amides is 1. The van der Waals surface area contributed by atoms with Crippen LogP contribution in [0.3, 0.4) is 0 Å². The average Bonchev–Trinajstić information content (AvgIpc) is 2.12. The Hall–Kier alpha value is -1.10. The van der Waals surface area contributed by atoms with E-state index in [1.165, 1.54) is 7.11 Å². The molecule has 0 heterocycles. The monoisotopic (exact) mass is 189 g/mol. The Bertz CT molecular complexity index is 170. The number of hydrogen-bond donors (Lipinski definition) is 1. The van der Waals surface area contributed by atoms with Crippen LogP contribution in [-0.4, -0.2) is 38.7 Å². The Balaban J connectivity index is 3.40. The number of carbonyl (C=O) groups excluding carboxylic acids is 2. The van der Waals surface area contributed by atoms with E-state index in [0.717, 1.165) is 6.42 Å². The van der Waals surface area contributed by atoms with Crippen molar-refractivity contribution in [2.24, 2.45) is 0 Å². The molecule has 0 aliphatic carbocycles. The van der Waals surface area contributed by atoms with Crippen molar-refractivity contribution >= 4 is 11.9 Å². The number of carbonyl (C=O) groups is 2. The molecule has 0 aromatic heterocycles. The van der Waals surface area contributed by atoms with Crippen LogP contribution in [0, 0.1) is 0 Å². The summed E-state index contributed by atoms with van der Waals surface area (Å²) in [6.45, 7) is 2.15. The molecule has 13 heavy (non-hydrogen) atoms. The second kappa shape index (κ2) is 7.54. The van der Waals surface area contributed by atoms with Gasteiger partial charge in [-0.2, -0.15) is 0 Å². The van der Waals surface area contributed by atoms with E-state index < -0.39 is 5.97 Å². The van der Waals surface area contributed by atoms with E-state index >= 15 is 0 Å². The molecular weight excluding hydrogens is 174 g/mol. The van der Waals surface area contributed by atoms with Gasteiger partial charge in [-0.05, 0) is 6.42 Å². The summed E-state index contributed by atoms with van der Waals surface area (Å²) in [5.41, 5.74) is 0. The molecule has 1 amide bonds. The van der Waals surface area contributed by atoms with Gasteiger partial charge < -0.3 is 14.8 Å². The number of ether oxygens (including phenoxy) is 2. The number of esters is 1. The fourth-order valence-corrected chi connectivity index (χ4v) is 0.620. The minimum atomic E-state index is -0.425. The molecule has 0 aromatic carbocycles. The van der Waals surface area contributed by atoms with Crippen LogP contribution in [0.2, 0.25) is 0 Å². The molecule has 0 aliphatic heterocycles. The first-order chi connectivity index (χ1) is 6.20. The highest BCUT2D eigenvalue weighted by atomic mass is 16.5. The summed E-state index contributed by atoms with van der Waals surface area (Å²) >= 11 is 0. The lowest BCUT2D eigenvalue weighted by molar-refractivity contribution is -0.144. The van der Waals surface area contributed by atoms with E-state index in [4.69, 9.17) is 4.74 Å². The molecule has 76 valence electrons. The summed E-state index contributed by atoms with van der Waals surface area (Å²) in [6.07, 6.45) is 0.776. The summed E-state index contributed by atoms with van der Waals surface area (Å²) in [7, 11) is 1.41. The Morgan fingerprint density at radius 3 is 2.62 bits per heavy atom. The first kappa shape index (κ1) is 11.9. The zero-order valence-electron chi connectivity index (χ0n) is 7.96. The highest BCUT2D eigenvalue weighted by Gasteiger charge is 2.04. The molecular formula is C8H15NO4. The first-order valence-electron chi connectivity index (χ1n) is 4.12. The highest BCUT2D eigenvalue weighted by molar-refractivity contribution is 5.82. The van der Waals surface area contributed by atoms with Gasteiger partial charge in [0.2, 0.25) is 5.91 Å². The van der Waals surface area contributed by atoms with Crippen molar-refractivity contribution in [2.75, 3.05) is 26.9 Å². The SMILES string of the molecule is CCCOC(=O)CNC(=O)COC. The minimum absolute atomic E-state index is 0.0406. The fraction of sp³-hybridized carbons (Fsp3) is 0.750. The summed E-state index contributed by atoms with van der Waals surface area (Å²) < 4.78 is 9.28. The summed E-state index contributed by atoms with van der Waals surface area (Å²) in [5, 5.41) is 2.35. The van der Waals surface area contributed by atoms with Crippen LogP contribution in [-0.2, 0) is 19.1 Å². The van der Waals surface area contributed by atoms with E-state index in [-0.39, 0.29) is 19.1 Å². The molecule has 0 aliphatic rings.